The van der Waals surface area contributed by atoms with Crippen molar-refractivity contribution in [2.75, 3.05) is 7.11 Å². The average Bonchev–Trinajstić information content (AvgIpc) is 2.80. The molecule has 0 spiro atoms. The summed E-state index contributed by atoms with van der Waals surface area (Å²) in [6.45, 7) is 2.50. The molecular weight excluding hydrogens is 536 g/mol. The smallest absolute Gasteiger partial charge is 0.467 e. The van der Waals surface area contributed by atoms with Gasteiger partial charge in [0.25, 0.3) is 0 Å². The van der Waals surface area contributed by atoms with Crippen molar-refractivity contribution >= 4 is 17.8 Å². The molecule has 0 aliphatic carbocycles. The molecule has 0 aromatic heterocycles. The van der Waals surface area contributed by atoms with Crippen LogP contribution in [-0.2, 0) is 19.1 Å². The Bertz CT molecular complexity index is 1100. The predicted molar refractivity (Wildman–Crippen MR) is 115 cm³/mol. The van der Waals surface area contributed by atoms with E-state index in [1.165, 1.54) is 31.3 Å². The van der Waals surface area contributed by atoms with Gasteiger partial charge in [-0.3, -0.25) is 9.59 Å². The molecule has 38 heavy (non-hydrogen) atoms. The van der Waals surface area contributed by atoms with E-state index in [1.54, 1.807) is 5.32 Å². The second-order valence-corrected chi connectivity index (χ2v) is 8.09. The Balaban J connectivity index is 0.000000380. The number of esters is 1. The molecular formula is C23H22F8N2O5. The summed E-state index contributed by atoms with van der Waals surface area (Å²) in [5.41, 5.74) is -1.49. The predicted octanol–water partition coefficient (Wildman–Crippen LogP) is 4.03. The van der Waals surface area contributed by atoms with E-state index in [2.05, 4.69) is 4.74 Å². The van der Waals surface area contributed by atoms with Gasteiger partial charge in [-0.25, -0.2) is 13.6 Å². The lowest BCUT2D eigenvalue weighted by atomic mass is 9.92. The summed E-state index contributed by atoms with van der Waals surface area (Å²) in [7, 11) is 0.957. The number of carbonyl (C=O) groups excluding carboxylic acids is 3. The molecule has 0 aliphatic heterocycles. The lowest BCUT2D eigenvalue weighted by molar-refractivity contribution is -0.176. The number of hydrogen-bond acceptors (Lipinski definition) is 5. The number of methoxy groups -OCH3 is 1. The Kier molecular flexibility index (Phi) is 10.8. The zero-order valence-electron chi connectivity index (χ0n) is 19.9. The summed E-state index contributed by atoms with van der Waals surface area (Å²) in [5.74, 6) is -6.74. The van der Waals surface area contributed by atoms with Gasteiger partial charge in [0.1, 0.15) is 11.6 Å². The third kappa shape index (κ3) is 9.95. The quantitative estimate of drug-likeness (QED) is 0.367. The number of ether oxygens (including phenoxy) is 1. The number of benzene rings is 2. The van der Waals surface area contributed by atoms with Crippen molar-refractivity contribution < 1.29 is 59.4 Å². The molecule has 2 atom stereocenters. The molecule has 0 fully saturated rings. The molecule has 0 bridgehead atoms. The highest BCUT2D eigenvalue weighted by Crippen LogP contribution is 2.27. The van der Waals surface area contributed by atoms with E-state index in [0.717, 1.165) is 43.5 Å². The summed E-state index contributed by atoms with van der Waals surface area (Å²) in [5, 5.41) is 13.0. The van der Waals surface area contributed by atoms with Gasteiger partial charge >= 0.3 is 30.1 Å². The van der Waals surface area contributed by atoms with Gasteiger partial charge in [0.2, 0.25) is 0 Å². The third-order valence-electron chi connectivity index (χ3n) is 4.62. The van der Waals surface area contributed by atoms with Crippen LogP contribution < -0.4 is 10.6 Å². The molecule has 0 aliphatic rings. The number of nitrogens with one attached hydrogen (secondary N) is 2. The largest absolute Gasteiger partial charge is 0.471 e. The van der Waals surface area contributed by atoms with Crippen molar-refractivity contribution in [2.45, 2.75) is 43.9 Å². The van der Waals surface area contributed by atoms with Crippen LogP contribution in [0.3, 0.4) is 0 Å². The topological polar surface area (TPSA) is 105 Å². The highest BCUT2D eigenvalue weighted by Gasteiger charge is 2.43. The maximum Gasteiger partial charge on any atom is 0.471 e. The first-order valence-corrected chi connectivity index (χ1v) is 10.3. The average molecular weight is 558 g/mol. The van der Waals surface area contributed by atoms with Crippen molar-refractivity contribution in [1.29, 1.82) is 0 Å². The van der Waals surface area contributed by atoms with Crippen molar-refractivity contribution in [3.8, 4) is 0 Å². The number of halogens is 8. The van der Waals surface area contributed by atoms with Crippen molar-refractivity contribution in [1.82, 2.24) is 10.6 Å². The summed E-state index contributed by atoms with van der Waals surface area (Å²) in [4.78, 5) is 33.1. The second-order valence-electron chi connectivity index (χ2n) is 8.09. The minimum absolute atomic E-state index is 0.0224. The molecule has 0 saturated heterocycles. The minimum atomic E-state index is -5.13. The molecule has 3 N–H and O–H groups in total. The van der Waals surface area contributed by atoms with Gasteiger partial charge < -0.3 is 20.5 Å². The lowest BCUT2D eigenvalue weighted by Gasteiger charge is -2.30. The second kappa shape index (κ2) is 12.7. The minimum Gasteiger partial charge on any atom is -0.467 e. The van der Waals surface area contributed by atoms with Crippen LogP contribution in [0.15, 0.2) is 48.5 Å². The number of aliphatic hydroxyl groups is 1. The number of rotatable bonds is 6. The molecule has 15 heteroatoms. The van der Waals surface area contributed by atoms with E-state index < -0.39 is 59.5 Å². The molecule has 0 saturated carbocycles. The van der Waals surface area contributed by atoms with Crippen LogP contribution >= 0.6 is 0 Å². The molecule has 2 rings (SSSR count). The van der Waals surface area contributed by atoms with Crippen LogP contribution in [0, 0.1) is 11.6 Å². The highest BCUT2D eigenvalue weighted by molar-refractivity contribution is 5.88. The van der Waals surface area contributed by atoms with Crippen molar-refractivity contribution in [3.63, 3.8) is 0 Å². The van der Waals surface area contributed by atoms with Crippen LogP contribution in [0.4, 0.5) is 35.1 Å². The molecule has 0 unspecified atom stereocenters. The van der Waals surface area contributed by atoms with E-state index in [-0.39, 0.29) is 11.1 Å². The molecule has 2 aromatic carbocycles. The maximum absolute atomic E-state index is 12.8. The number of amides is 2. The van der Waals surface area contributed by atoms with Crippen LogP contribution in [0.1, 0.15) is 37.1 Å². The van der Waals surface area contributed by atoms with E-state index in [1.807, 2.05) is 0 Å². The fraction of sp³-hybridized carbons (Fsp3) is 0.348. The van der Waals surface area contributed by atoms with Gasteiger partial charge in [0.15, 0.2) is 6.04 Å². The summed E-state index contributed by atoms with van der Waals surface area (Å²) < 4.78 is 103. The number of carbonyl (C=O) groups is 3. The lowest BCUT2D eigenvalue weighted by Crippen LogP contribution is -2.46. The molecule has 210 valence electrons. The Labute approximate surface area is 210 Å². The van der Waals surface area contributed by atoms with Gasteiger partial charge in [-0.05, 0) is 49.2 Å². The number of alkyl halides is 6. The molecule has 0 radical (unpaired) electrons. The Morgan fingerprint density at radius 2 is 1.11 bits per heavy atom. The standard InChI is InChI=1S/C12H13F4NO2.C11H9F4NO3/c1-11(2,19)9(17-10(18)12(14,15)16)7-3-5-8(13)6-4-7;1-19-9(17)8(16-10(18)11(13,14)15)6-2-4-7(12)5-3-6/h3-6,9,19H,1-2H3,(H,17,18);2-5,8H,1H3,(H,16,18)/t9-;8-/m11/s1. The molecule has 7 nitrogen and oxygen atoms in total. The normalized spacial score (nSPS) is 13.4. The Morgan fingerprint density at radius 3 is 1.45 bits per heavy atom. The van der Waals surface area contributed by atoms with Crippen LogP contribution in [0.25, 0.3) is 0 Å². The van der Waals surface area contributed by atoms with Crippen molar-refractivity contribution in [3.05, 3.63) is 71.3 Å². The van der Waals surface area contributed by atoms with Gasteiger partial charge in [0, 0.05) is 0 Å². The van der Waals surface area contributed by atoms with Gasteiger partial charge in [-0.1, -0.05) is 24.3 Å². The number of hydrogen-bond donors (Lipinski definition) is 3. The Hall–Kier alpha value is -3.75. The van der Waals surface area contributed by atoms with Crippen LogP contribution in [0.5, 0.6) is 0 Å². The molecule has 2 aromatic rings. The van der Waals surface area contributed by atoms with Crippen molar-refractivity contribution in [2.24, 2.45) is 0 Å². The van der Waals surface area contributed by atoms with Crippen LogP contribution in [-0.4, -0.2) is 48.0 Å². The van der Waals surface area contributed by atoms with E-state index >= 15 is 0 Å². The first-order valence-electron chi connectivity index (χ1n) is 10.3. The summed E-state index contributed by atoms with van der Waals surface area (Å²) >= 11 is 0. The van der Waals surface area contributed by atoms with E-state index in [4.69, 9.17) is 0 Å². The zero-order chi connectivity index (χ0) is 29.5. The van der Waals surface area contributed by atoms with Crippen LogP contribution in [0.2, 0.25) is 0 Å². The molecule has 0 heterocycles. The summed E-state index contributed by atoms with van der Waals surface area (Å²) in [6.07, 6.45) is -10.2. The first kappa shape index (κ1) is 32.3. The summed E-state index contributed by atoms with van der Waals surface area (Å²) in [6, 6.07) is 5.57. The van der Waals surface area contributed by atoms with E-state index in [0.29, 0.717) is 0 Å². The van der Waals surface area contributed by atoms with E-state index in [9.17, 15) is 54.6 Å². The SMILES string of the molecule is CC(C)(O)[C@H](NC(=O)C(F)(F)F)c1ccc(F)cc1.COC(=O)[C@H](NC(=O)C(F)(F)F)c1ccc(F)cc1. The first-order chi connectivity index (χ1) is 17.3. The van der Waals surface area contributed by atoms with Gasteiger partial charge in [-0.15, -0.1) is 0 Å². The van der Waals surface area contributed by atoms with Gasteiger partial charge in [0.05, 0.1) is 18.8 Å². The molecule has 2 amide bonds. The fourth-order valence-electron chi connectivity index (χ4n) is 2.80. The Morgan fingerprint density at radius 1 is 0.737 bits per heavy atom. The van der Waals surface area contributed by atoms with Gasteiger partial charge in [-0.2, -0.15) is 26.3 Å². The highest BCUT2D eigenvalue weighted by atomic mass is 19.4. The maximum atomic E-state index is 12.8. The zero-order valence-corrected chi connectivity index (χ0v) is 19.9. The monoisotopic (exact) mass is 558 g/mol. The fourth-order valence-corrected chi connectivity index (χ4v) is 2.80. The third-order valence-corrected chi connectivity index (χ3v) is 4.62.